The van der Waals surface area contributed by atoms with Gasteiger partial charge in [-0.15, -0.1) is 11.8 Å². The molecule has 0 aliphatic heterocycles. The van der Waals surface area contributed by atoms with Crippen LogP contribution in [0.5, 0.6) is 0 Å². The van der Waals surface area contributed by atoms with E-state index in [0.717, 1.165) is 16.0 Å². The van der Waals surface area contributed by atoms with Gasteiger partial charge in [0.25, 0.3) is 0 Å². The maximum atomic E-state index is 12.9. The van der Waals surface area contributed by atoms with Gasteiger partial charge in [0.05, 0.1) is 11.3 Å². The molecule has 0 heterocycles. The van der Waals surface area contributed by atoms with Gasteiger partial charge < -0.3 is 5.32 Å². The van der Waals surface area contributed by atoms with Crippen LogP contribution in [0.3, 0.4) is 0 Å². The Kier molecular flexibility index (Phi) is 6.59. The average molecular weight is 396 g/mol. The number of amides is 1. The van der Waals surface area contributed by atoms with Gasteiger partial charge in [-0.05, 0) is 49.2 Å². The average Bonchev–Trinajstić information content (AvgIpc) is 2.69. The minimum Gasteiger partial charge on any atom is -0.344 e. The molecule has 0 aromatic heterocycles. The van der Waals surface area contributed by atoms with Gasteiger partial charge in [-0.2, -0.15) is 0 Å². The molecule has 0 spiro atoms. The second-order valence-electron chi connectivity index (χ2n) is 6.48. The summed E-state index contributed by atoms with van der Waals surface area (Å²) < 4.78 is 0. The molecule has 1 amide bonds. The summed E-state index contributed by atoms with van der Waals surface area (Å²) in [6.45, 7) is 3.98. The van der Waals surface area contributed by atoms with Crippen molar-refractivity contribution in [2.45, 2.75) is 30.0 Å². The second-order valence-corrected chi connectivity index (χ2v) is 8.33. The summed E-state index contributed by atoms with van der Waals surface area (Å²) >= 11 is 7.46. The Labute approximate surface area is 170 Å². The first-order chi connectivity index (χ1) is 13.0. The molecule has 3 aromatic carbocycles. The first kappa shape index (κ1) is 19.5. The topological polar surface area (TPSA) is 29.1 Å². The minimum atomic E-state index is -0.220. The van der Waals surface area contributed by atoms with Crippen molar-refractivity contribution in [1.29, 1.82) is 0 Å². The molecular weight excluding hydrogens is 374 g/mol. The van der Waals surface area contributed by atoms with Crippen molar-refractivity contribution in [3.8, 4) is 0 Å². The van der Waals surface area contributed by atoms with Gasteiger partial charge in [-0.1, -0.05) is 71.8 Å². The molecule has 138 valence electrons. The molecule has 0 aliphatic rings. The van der Waals surface area contributed by atoms with Gasteiger partial charge in [0.2, 0.25) is 5.91 Å². The predicted octanol–water partition coefficient (Wildman–Crippen LogP) is 6.03. The molecule has 1 N–H and O–H groups in total. The molecule has 0 fully saturated rings. The Morgan fingerprint density at radius 2 is 1.48 bits per heavy atom. The van der Waals surface area contributed by atoms with Gasteiger partial charge in [-0.3, -0.25) is 4.79 Å². The molecule has 0 bridgehead atoms. The van der Waals surface area contributed by atoms with Crippen molar-refractivity contribution in [3.63, 3.8) is 0 Å². The van der Waals surface area contributed by atoms with Crippen LogP contribution in [-0.4, -0.2) is 11.2 Å². The van der Waals surface area contributed by atoms with Crippen LogP contribution in [0.2, 0.25) is 5.02 Å². The normalized spacial score (nSPS) is 13.0. The zero-order chi connectivity index (χ0) is 19.2. The number of benzene rings is 3. The van der Waals surface area contributed by atoms with E-state index in [1.807, 2.05) is 61.5 Å². The molecule has 3 rings (SSSR count). The molecule has 27 heavy (non-hydrogen) atoms. The molecule has 4 heteroatoms. The standard InChI is InChI=1S/C23H22ClNOS/c1-16-8-10-19(11-9-16)22(18-6-4-3-5-7-18)25-23(26)17(2)27-21-14-12-20(24)13-15-21/h3-15,17,22H,1-2H3,(H,25,26)/t17-,22-/m0/s1. The van der Waals surface area contributed by atoms with Gasteiger partial charge in [-0.25, -0.2) is 0 Å². The highest BCUT2D eigenvalue weighted by Crippen LogP contribution is 2.27. The molecule has 2 atom stereocenters. The van der Waals surface area contributed by atoms with E-state index in [4.69, 9.17) is 11.6 Å². The van der Waals surface area contributed by atoms with Crippen LogP contribution in [0, 0.1) is 6.92 Å². The van der Waals surface area contributed by atoms with Crippen molar-refractivity contribution >= 4 is 29.3 Å². The quantitative estimate of drug-likeness (QED) is 0.516. The van der Waals surface area contributed by atoms with Crippen molar-refractivity contribution < 1.29 is 4.79 Å². The number of aryl methyl sites for hydroxylation is 1. The van der Waals surface area contributed by atoms with Crippen LogP contribution in [0.4, 0.5) is 0 Å². The Balaban J connectivity index is 1.77. The van der Waals surface area contributed by atoms with E-state index >= 15 is 0 Å². The molecule has 0 unspecified atom stereocenters. The minimum absolute atomic E-state index is 0.00405. The molecule has 0 saturated carbocycles. The van der Waals surface area contributed by atoms with Crippen LogP contribution >= 0.6 is 23.4 Å². The molecule has 0 aliphatic carbocycles. The Morgan fingerprint density at radius 1 is 0.889 bits per heavy atom. The summed E-state index contributed by atoms with van der Waals surface area (Å²) in [6, 6.07) is 25.7. The lowest BCUT2D eigenvalue weighted by molar-refractivity contribution is -0.120. The van der Waals surface area contributed by atoms with E-state index in [2.05, 4.69) is 36.5 Å². The third kappa shape index (κ3) is 5.38. The highest BCUT2D eigenvalue weighted by Gasteiger charge is 2.21. The predicted molar refractivity (Wildman–Crippen MR) is 114 cm³/mol. The van der Waals surface area contributed by atoms with E-state index < -0.39 is 0 Å². The van der Waals surface area contributed by atoms with Crippen molar-refractivity contribution in [3.05, 3.63) is 101 Å². The lowest BCUT2D eigenvalue weighted by atomic mass is 9.97. The van der Waals surface area contributed by atoms with Crippen molar-refractivity contribution in [2.75, 3.05) is 0 Å². The zero-order valence-corrected chi connectivity index (χ0v) is 16.9. The van der Waals surface area contributed by atoms with E-state index in [1.165, 1.54) is 17.3 Å². The summed E-state index contributed by atoms with van der Waals surface area (Å²) in [7, 11) is 0. The third-order valence-electron chi connectivity index (χ3n) is 4.33. The van der Waals surface area contributed by atoms with Crippen LogP contribution in [0.15, 0.2) is 83.8 Å². The summed E-state index contributed by atoms with van der Waals surface area (Å²) in [6.07, 6.45) is 0. The number of nitrogens with one attached hydrogen (secondary N) is 1. The summed E-state index contributed by atoms with van der Waals surface area (Å²) in [5.41, 5.74) is 3.34. The van der Waals surface area contributed by atoms with Gasteiger partial charge in [0.1, 0.15) is 0 Å². The van der Waals surface area contributed by atoms with E-state index in [9.17, 15) is 4.79 Å². The maximum absolute atomic E-state index is 12.9. The smallest absolute Gasteiger partial charge is 0.233 e. The van der Waals surface area contributed by atoms with Crippen molar-refractivity contribution in [1.82, 2.24) is 5.32 Å². The number of thioether (sulfide) groups is 1. The van der Waals surface area contributed by atoms with Gasteiger partial charge in [0, 0.05) is 9.92 Å². The number of hydrogen-bond acceptors (Lipinski definition) is 2. The Morgan fingerprint density at radius 3 is 2.11 bits per heavy atom. The van der Waals surface area contributed by atoms with Crippen LogP contribution in [0.25, 0.3) is 0 Å². The van der Waals surface area contributed by atoms with Crippen molar-refractivity contribution in [2.24, 2.45) is 0 Å². The summed E-state index contributed by atoms with van der Waals surface area (Å²) in [4.78, 5) is 13.9. The van der Waals surface area contributed by atoms with Gasteiger partial charge in [0.15, 0.2) is 0 Å². The molecular formula is C23H22ClNOS. The molecule has 0 radical (unpaired) electrons. The number of hydrogen-bond donors (Lipinski definition) is 1. The number of carbonyl (C=O) groups is 1. The largest absolute Gasteiger partial charge is 0.344 e. The zero-order valence-electron chi connectivity index (χ0n) is 15.4. The number of halogens is 1. The molecule has 0 saturated heterocycles. The van der Waals surface area contributed by atoms with E-state index in [-0.39, 0.29) is 17.2 Å². The second kappa shape index (κ2) is 9.12. The van der Waals surface area contributed by atoms with E-state index in [0.29, 0.717) is 5.02 Å². The summed E-state index contributed by atoms with van der Waals surface area (Å²) in [5.74, 6) is 0.00405. The first-order valence-corrected chi connectivity index (χ1v) is 10.1. The first-order valence-electron chi connectivity index (χ1n) is 8.87. The SMILES string of the molecule is Cc1ccc([C@@H](NC(=O)[C@H](C)Sc2ccc(Cl)cc2)c2ccccc2)cc1. The number of carbonyl (C=O) groups excluding carboxylic acids is 1. The fourth-order valence-electron chi connectivity index (χ4n) is 2.79. The fraction of sp³-hybridized carbons (Fsp3) is 0.174. The van der Waals surface area contributed by atoms with Crippen LogP contribution in [-0.2, 0) is 4.79 Å². The van der Waals surface area contributed by atoms with Crippen LogP contribution < -0.4 is 5.32 Å². The Hall–Kier alpha value is -2.23. The Bertz CT molecular complexity index is 879. The molecule has 2 nitrogen and oxygen atoms in total. The highest BCUT2D eigenvalue weighted by atomic mass is 35.5. The maximum Gasteiger partial charge on any atom is 0.233 e. The number of rotatable bonds is 6. The third-order valence-corrected chi connectivity index (χ3v) is 5.69. The van der Waals surface area contributed by atoms with Gasteiger partial charge >= 0.3 is 0 Å². The summed E-state index contributed by atoms with van der Waals surface area (Å²) in [5, 5.41) is 3.69. The monoisotopic (exact) mass is 395 g/mol. The molecule has 3 aromatic rings. The lowest BCUT2D eigenvalue weighted by Crippen LogP contribution is -2.34. The van der Waals surface area contributed by atoms with E-state index in [1.54, 1.807) is 0 Å². The van der Waals surface area contributed by atoms with Crippen LogP contribution in [0.1, 0.15) is 29.7 Å². The lowest BCUT2D eigenvalue weighted by Gasteiger charge is -2.22. The highest BCUT2D eigenvalue weighted by molar-refractivity contribution is 8.00. The fourth-order valence-corrected chi connectivity index (χ4v) is 3.80.